The van der Waals surface area contributed by atoms with Crippen LogP contribution in [0.5, 0.6) is 17.2 Å². The lowest BCUT2D eigenvalue weighted by Gasteiger charge is -2.20. The zero-order valence-electron chi connectivity index (χ0n) is 23.4. The molecule has 0 spiro atoms. The first-order chi connectivity index (χ1) is 19.9. The Labute approximate surface area is 236 Å². The third-order valence-electron chi connectivity index (χ3n) is 7.82. The van der Waals surface area contributed by atoms with Gasteiger partial charge in [-0.25, -0.2) is 4.68 Å². The van der Waals surface area contributed by atoms with Crippen molar-refractivity contribution >= 4 is 22.7 Å². The molecule has 0 aliphatic carbocycles. The highest BCUT2D eigenvalue weighted by Gasteiger charge is 2.39. The average Bonchev–Trinajstić information content (AvgIpc) is 3.67. The molecular formula is C29H32N6O6. The van der Waals surface area contributed by atoms with Gasteiger partial charge in [0.2, 0.25) is 0 Å². The maximum Gasteiger partial charge on any atom is 0.256 e. The minimum atomic E-state index is -0.461. The van der Waals surface area contributed by atoms with Crippen molar-refractivity contribution in [2.75, 3.05) is 33.9 Å². The van der Waals surface area contributed by atoms with Gasteiger partial charge in [-0.15, -0.1) is 5.10 Å². The summed E-state index contributed by atoms with van der Waals surface area (Å²) < 4.78 is 26.7. The zero-order valence-corrected chi connectivity index (χ0v) is 23.4. The first-order valence-corrected chi connectivity index (χ1v) is 13.4. The fraction of sp³-hybridized carbons (Fsp3) is 0.379. The lowest BCUT2D eigenvalue weighted by molar-refractivity contribution is 0.0291. The van der Waals surface area contributed by atoms with E-state index in [-0.39, 0.29) is 25.0 Å². The summed E-state index contributed by atoms with van der Waals surface area (Å²) >= 11 is 0. The third kappa shape index (κ3) is 4.95. The Morgan fingerprint density at radius 2 is 1.98 bits per heavy atom. The predicted octanol–water partition coefficient (Wildman–Crippen LogP) is 2.33. The monoisotopic (exact) mass is 560 g/mol. The van der Waals surface area contributed by atoms with Crippen molar-refractivity contribution in [3.8, 4) is 17.2 Å². The van der Waals surface area contributed by atoms with Crippen LogP contribution in [0.15, 0.2) is 42.6 Å². The van der Waals surface area contributed by atoms with Crippen LogP contribution < -0.4 is 19.5 Å². The van der Waals surface area contributed by atoms with E-state index in [1.54, 1.807) is 48.2 Å². The van der Waals surface area contributed by atoms with Gasteiger partial charge in [-0.05, 0) is 43.3 Å². The van der Waals surface area contributed by atoms with Gasteiger partial charge >= 0.3 is 0 Å². The summed E-state index contributed by atoms with van der Waals surface area (Å²) in [6, 6.07) is 10.3. The molecule has 41 heavy (non-hydrogen) atoms. The number of fused-ring (bicyclic) bond motifs is 6. The van der Waals surface area contributed by atoms with Gasteiger partial charge in [0.15, 0.2) is 11.5 Å². The summed E-state index contributed by atoms with van der Waals surface area (Å²) in [6.45, 7) is 3.46. The molecular weight excluding hydrogens is 528 g/mol. The SMILES string of the molecule is COc1ccc2c(c1)c(C(=O)N1C[C@@H]3NC(=O)c4ccc(OC)c(c4)OCCn4cc(nn4)CO[C@H]3C1)c(C)n2C. The van der Waals surface area contributed by atoms with E-state index in [1.807, 2.05) is 36.7 Å². The minimum absolute atomic E-state index is 0.132. The van der Waals surface area contributed by atoms with Gasteiger partial charge < -0.3 is 33.7 Å². The van der Waals surface area contributed by atoms with E-state index in [2.05, 4.69) is 15.6 Å². The van der Waals surface area contributed by atoms with E-state index >= 15 is 0 Å². The molecule has 2 aliphatic heterocycles. The number of nitrogens with zero attached hydrogens (tertiary/aromatic N) is 5. The molecule has 1 N–H and O–H groups in total. The molecule has 12 heteroatoms. The van der Waals surface area contributed by atoms with Crippen molar-refractivity contribution in [3.05, 3.63) is 65.1 Å². The quantitative estimate of drug-likeness (QED) is 0.405. The first kappa shape index (κ1) is 26.6. The molecule has 4 heterocycles. The van der Waals surface area contributed by atoms with Crippen LogP contribution in [-0.2, 0) is 24.9 Å². The van der Waals surface area contributed by atoms with Crippen LogP contribution in [0.4, 0.5) is 0 Å². The third-order valence-corrected chi connectivity index (χ3v) is 7.82. The molecule has 2 amide bonds. The number of aromatic nitrogens is 4. The molecule has 2 aromatic heterocycles. The van der Waals surface area contributed by atoms with E-state index in [0.29, 0.717) is 53.8 Å². The van der Waals surface area contributed by atoms with Crippen LogP contribution in [0.3, 0.4) is 0 Å². The van der Waals surface area contributed by atoms with Crippen LogP contribution in [0.2, 0.25) is 0 Å². The summed E-state index contributed by atoms with van der Waals surface area (Å²) in [4.78, 5) is 29.2. The van der Waals surface area contributed by atoms with Crippen molar-refractivity contribution in [2.24, 2.45) is 7.05 Å². The van der Waals surface area contributed by atoms with E-state index in [1.165, 1.54) is 0 Å². The van der Waals surface area contributed by atoms with Crippen LogP contribution >= 0.6 is 0 Å². The maximum atomic E-state index is 14.0. The number of nitrogens with one attached hydrogen (secondary N) is 1. The number of likely N-dealkylation sites (tertiary alicyclic amines) is 1. The number of carbonyl (C=O) groups excluding carboxylic acids is 2. The highest BCUT2D eigenvalue weighted by atomic mass is 16.5. The zero-order chi connectivity index (χ0) is 28.7. The number of methoxy groups -OCH3 is 2. The average molecular weight is 561 g/mol. The molecule has 4 aromatic rings. The summed E-state index contributed by atoms with van der Waals surface area (Å²) in [5.74, 6) is 1.22. The van der Waals surface area contributed by atoms with Gasteiger partial charge in [-0.2, -0.15) is 0 Å². The topological polar surface area (TPSA) is 122 Å². The number of hydrogen-bond acceptors (Lipinski definition) is 8. The summed E-state index contributed by atoms with van der Waals surface area (Å²) in [7, 11) is 5.09. The van der Waals surface area contributed by atoms with Crippen molar-refractivity contribution in [1.82, 2.24) is 29.8 Å². The Bertz CT molecular complexity index is 1630. The fourth-order valence-electron chi connectivity index (χ4n) is 5.49. The number of amides is 2. The van der Waals surface area contributed by atoms with Crippen LogP contribution in [0, 0.1) is 6.92 Å². The Balaban J connectivity index is 1.32. The van der Waals surface area contributed by atoms with Gasteiger partial charge in [0.25, 0.3) is 11.8 Å². The number of rotatable bonds is 3. The Kier molecular flexibility index (Phi) is 7.00. The largest absolute Gasteiger partial charge is 0.497 e. The molecule has 1 fully saturated rings. The number of carbonyl (C=O) groups is 2. The molecule has 0 saturated carbocycles. The minimum Gasteiger partial charge on any atom is -0.497 e. The molecule has 2 aromatic carbocycles. The lowest BCUT2D eigenvalue weighted by Crippen LogP contribution is -2.44. The van der Waals surface area contributed by atoms with Gasteiger partial charge in [0.05, 0.1) is 51.3 Å². The molecule has 12 nitrogen and oxygen atoms in total. The normalized spacial score (nSPS) is 19.1. The summed E-state index contributed by atoms with van der Waals surface area (Å²) in [5, 5.41) is 12.3. The smallest absolute Gasteiger partial charge is 0.256 e. The Morgan fingerprint density at radius 3 is 2.78 bits per heavy atom. The van der Waals surface area contributed by atoms with Gasteiger partial charge in [-0.3, -0.25) is 9.59 Å². The van der Waals surface area contributed by atoms with Crippen molar-refractivity contribution in [2.45, 2.75) is 32.2 Å². The molecule has 2 atom stereocenters. The number of benzene rings is 2. The van der Waals surface area contributed by atoms with Crippen molar-refractivity contribution < 1.29 is 28.5 Å². The maximum absolute atomic E-state index is 14.0. The summed E-state index contributed by atoms with van der Waals surface area (Å²) in [5.41, 5.74) is 3.45. The van der Waals surface area contributed by atoms with E-state index in [0.717, 1.165) is 16.6 Å². The van der Waals surface area contributed by atoms with Crippen molar-refractivity contribution in [1.29, 1.82) is 0 Å². The van der Waals surface area contributed by atoms with Gasteiger partial charge in [0, 0.05) is 42.3 Å². The predicted molar refractivity (Wildman–Crippen MR) is 148 cm³/mol. The van der Waals surface area contributed by atoms with E-state index < -0.39 is 12.1 Å². The Morgan fingerprint density at radius 1 is 1.12 bits per heavy atom. The van der Waals surface area contributed by atoms with Gasteiger partial charge in [-0.1, -0.05) is 5.21 Å². The van der Waals surface area contributed by atoms with E-state index in [4.69, 9.17) is 18.9 Å². The first-order valence-electron chi connectivity index (χ1n) is 13.4. The van der Waals surface area contributed by atoms with Crippen molar-refractivity contribution in [3.63, 3.8) is 0 Å². The lowest BCUT2D eigenvalue weighted by atomic mass is 10.1. The molecule has 1 saturated heterocycles. The second kappa shape index (κ2) is 10.8. The number of ether oxygens (including phenoxy) is 4. The molecule has 214 valence electrons. The molecule has 6 rings (SSSR count). The Hall–Kier alpha value is -4.58. The van der Waals surface area contributed by atoms with Crippen LogP contribution in [-0.4, -0.2) is 82.3 Å². The number of aryl methyl sites for hydroxylation is 1. The van der Waals surface area contributed by atoms with E-state index in [9.17, 15) is 9.59 Å². The highest BCUT2D eigenvalue weighted by Crippen LogP contribution is 2.32. The molecule has 4 bridgehead atoms. The molecule has 2 aliphatic rings. The fourth-order valence-corrected chi connectivity index (χ4v) is 5.49. The highest BCUT2D eigenvalue weighted by molar-refractivity contribution is 6.09. The standard InChI is InChI=1S/C29H32N6O6/c1-17-27(21-12-20(38-3)6-7-23(21)33(17)2)29(37)34-14-22-26(15-34)41-16-19-13-35(32-31-19)9-10-40-25-11-18(28(36)30-22)5-8-24(25)39-4/h5-8,11-13,22,26H,9-10,14-16H2,1-4H3,(H,30,36)/t22-,26-/m0/s1. The van der Waals surface area contributed by atoms with Crippen LogP contribution in [0.25, 0.3) is 10.9 Å². The van der Waals surface area contributed by atoms with Crippen LogP contribution in [0.1, 0.15) is 32.1 Å². The molecule has 0 unspecified atom stereocenters. The second-order valence-corrected chi connectivity index (χ2v) is 10.2. The summed E-state index contributed by atoms with van der Waals surface area (Å²) in [6.07, 6.45) is 1.34. The van der Waals surface area contributed by atoms with Gasteiger partial charge in [0.1, 0.15) is 18.1 Å². The number of hydrogen-bond donors (Lipinski definition) is 1. The molecule has 0 radical (unpaired) electrons. The second-order valence-electron chi connectivity index (χ2n) is 10.2.